The van der Waals surface area contributed by atoms with Crippen molar-refractivity contribution in [3.8, 4) is 16.9 Å². The Morgan fingerprint density at radius 2 is 1.48 bits per heavy atom. The van der Waals surface area contributed by atoms with Crippen LogP contribution < -0.4 is 5.32 Å². The van der Waals surface area contributed by atoms with E-state index in [9.17, 15) is 14.7 Å². The molecule has 0 radical (unpaired) electrons. The first kappa shape index (κ1) is 22.4. The Bertz CT molecular complexity index is 1300. The van der Waals surface area contributed by atoms with Crippen LogP contribution in [0.15, 0.2) is 84.9 Å². The molecular weight excluding hydrogens is 438 g/mol. The van der Waals surface area contributed by atoms with Crippen LogP contribution in [0.25, 0.3) is 21.9 Å². The number of methoxy groups -OCH3 is 1. The minimum atomic E-state index is -0.908. The van der Waals surface area contributed by atoms with E-state index in [0.717, 1.165) is 27.5 Å². The number of amides is 1. The average Bonchev–Trinajstić information content (AvgIpc) is 2.83. The summed E-state index contributed by atoms with van der Waals surface area (Å²) in [5, 5.41) is 15.4. The monoisotopic (exact) mass is 459 g/mol. The van der Waals surface area contributed by atoms with Crippen LogP contribution in [0.4, 0.5) is 0 Å². The van der Waals surface area contributed by atoms with Gasteiger partial charge < -0.3 is 15.2 Å². The van der Waals surface area contributed by atoms with Crippen LogP contribution in [-0.4, -0.2) is 30.1 Å². The zero-order valence-electron chi connectivity index (χ0n) is 17.9. The normalized spacial score (nSPS) is 11.7. The number of rotatable bonds is 6. The third kappa shape index (κ3) is 5.16. The molecule has 4 aromatic carbocycles. The number of hydrogen-bond donors (Lipinski definition) is 2. The summed E-state index contributed by atoms with van der Waals surface area (Å²) < 4.78 is 4.90. The van der Waals surface area contributed by atoms with Crippen molar-refractivity contribution < 1.29 is 19.4 Å². The Kier molecular flexibility index (Phi) is 6.61. The summed E-state index contributed by atoms with van der Waals surface area (Å²) in [4.78, 5) is 25.3. The van der Waals surface area contributed by atoms with Gasteiger partial charge >= 0.3 is 5.97 Å². The number of carbonyl (C=O) groups excluding carboxylic acids is 2. The summed E-state index contributed by atoms with van der Waals surface area (Å²) in [6.07, 6.45) is 0.244. The molecule has 2 N–H and O–H groups in total. The van der Waals surface area contributed by atoms with Gasteiger partial charge in [-0.2, -0.15) is 0 Å². The Morgan fingerprint density at radius 1 is 0.909 bits per heavy atom. The number of fused-ring (bicyclic) bond motifs is 1. The molecule has 0 spiro atoms. The molecule has 1 amide bonds. The van der Waals surface area contributed by atoms with Crippen molar-refractivity contribution in [3.63, 3.8) is 0 Å². The second-order valence-corrected chi connectivity index (χ2v) is 8.11. The highest BCUT2D eigenvalue weighted by Gasteiger charge is 2.24. The molecule has 1 unspecified atom stereocenters. The van der Waals surface area contributed by atoms with Gasteiger partial charge in [0, 0.05) is 11.4 Å². The third-order valence-electron chi connectivity index (χ3n) is 5.47. The van der Waals surface area contributed by atoms with Crippen molar-refractivity contribution >= 4 is 34.2 Å². The van der Waals surface area contributed by atoms with Crippen LogP contribution in [0, 0.1) is 0 Å². The van der Waals surface area contributed by atoms with E-state index in [-0.39, 0.29) is 17.7 Å². The SMILES string of the molecule is COC(=O)C(Cc1ccc(-c2ccc(Cl)cc2)cc1)NC(=O)c1cc2ccccc2cc1O. The van der Waals surface area contributed by atoms with Gasteiger partial charge in [-0.05, 0) is 51.7 Å². The van der Waals surface area contributed by atoms with Gasteiger partial charge in [0.1, 0.15) is 11.8 Å². The van der Waals surface area contributed by atoms with Gasteiger partial charge in [0.2, 0.25) is 0 Å². The molecule has 5 nitrogen and oxygen atoms in total. The van der Waals surface area contributed by atoms with E-state index in [2.05, 4.69) is 5.32 Å². The molecule has 0 saturated carbocycles. The third-order valence-corrected chi connectivity index (χ3v) is 5.72. The quantitative estimate of drug-likeness (QED) is 0.379. The van der Waals surface area contributed by atoms with Crippen LogP contribution in [0.3, 0.4) is 0 Å². The molecule has 33 heavy (non-hydrogen) atoms. The van der Waals surface area contributed by atoms with Crippen LogP contribution >= 0.6 is 11.6 Å². The summed E-state index contributed by atoms with van der Waals surface area (Å²) in [7, 11) is 1.28. The van der Waals surface area contributed by atoms with E-state index in [1.807, 2.05) is 72.8 Å². The summed E-state index contributed by atoms with van der Waals surface area (Å²) in [6, 6.07) is 24.9. The van der Waals surface area contributed by atoms with Crippen molar-refractivity contribution in [2.45, 2.75) is 12.5 Å². The number of halogens is 1. The topological polar surface area (TPSA) is 75.6 Å². The van der Waals surface area contributed by atoms with Gasteiger partial charge in [-0.3, -0.25) is 4.79 Å². The van der Waals surface area contributed by atoms with Crippen LogP contribution in [0.5, 0.6) is 5.75 Å². The van der Waals surface area contributed by atoms with E-state index in [4.69, 9.17) is 16.3 Å². The van der Waals surface area contributed by atoms with Gasteiger partial charge in [-0.15, -0.1) is 0 Å². The molecule has 0 aromatic heterocycles. The number of hydrogen-bond acceptors (Lipinski definition) is 4. The van der Waals surface area contributed by atoms with E-state index < -0.39 is 17.9 Å². The lowest BCUT2D eigenvalue weighted by Gasteiger charge is -2.17. The molecule has 0 saturated heterocycles. The first-order valence-corrected chi connectivity index (χ1v) is 10.8. The molecule has 0 aliphatic rings. The Balaban J connectivity index is 1.53. The minimum absolute atomic E-state index is 0.0979. The molecule has 0 aliphatic heterocycles. The van der Waals surface area contributed by atoms with Crippen LogP contribution in [-0.2, 0) is 16.0 Å². The van der Waals surface area contributed by atoms with Crippen LogP contribution in [0.2, 0.25) is 5.02 Å². The lowest BCUT2D eigenvalue weighted by Crippen LogP contribution is -2.43. The lowest BCUT2D eigenvalue weighted by atomic mass is 10.00. The van der Waals surface area contributed by atoms with Crippen molar-refractivity contribution in [1.29, 1.82) is 0 Å². The van der Waals surface area contributed by atoms with Gasteiger partial charge in [-0.1, -0.05) is 72.3 Å². The van der Waals surface area contributed by atoms with Crippen molar-refractivity contribution in [3.05, 3.63) is 101 Å². The highest BCUT2D eigenvalue weighted by atomic mass is 35.5. The van der Waals surface area contributed by atoms with Crippen molar-refractivity contribution in [2.75, 3.05) is 7.11 Å². The Hall–Kier alpha value is -3.83. The van der Waals surface area contributed by atoms with Gasteiger partial charge in [0.25, 0.3) is 5.91 Å². The van der Waals surface area contributed by atoms with Crippen LogP contribution in [0.1, 0.15) is 15.9 Å². The summed E-state index contributed by atoms with van der Waals surface area (Å²) in [6.45, 7) is 0. The highest BCUT2D eigenvalue weighted by molar-refractivity contribution is 6.30. The maximum Gasteiger partial charge on any atom is 0.328 e. The van der Waals surface area contributed by atoms with Gasteiger partial charge in [0.15, 0.2) is 0 Å². The maximum atomic E-state index is 12.9. The molecule has 6 heteroatoms. The molecule has 0 fully saturated rings. The molecule has 0 bridgehead atoms. The average molecular weight is 460 g/mol. The van der Waals surface area contributed by atoms with Crippen molar-refractivity contribution in [1.82, 2.24) is 5.32 Å². The van der Waals surface area contributed by atoms with Gasteiger partial charge in [-0.25, -0.2) is 4.79 Å². The summed E-state index contributed by atoms with van der Waals surface area (Å²) in [5.74, 6) is -1.26. The molecule has 166 valence electrons. The first-order valence-electron chi connectivity index (χ1n) is 10.4. The summed E-state index contributed by atoms with van der Waals surface area (Å²) in [5.41, 5.74) is 2.98. The van der Waals surface area contributed by atoms with E-state index in [1.165, 1.54) is 13.2 Å². The van der Waals surface area contributed by atoms with Gasteiger partial charge in [0.05, 0.1) is 12.7 Å². The largest absolute Gasteiger partial charge is 0.507 e. The smallest absolute Gasteiger partial charge is 0.328 e. The summed E-state index contributed by atoms with van der Waals surface area (Å²) >= 11 is 5.96. The fourth-order valence-electron chi connectivity index (χ4n) is 3.69. The predicted octanol–water partition coefficient (Wildman–Crippen LogP) is 5.38. The minimum Gasteiger partial charge on any atom is -0.507 e. The zero-order chi connectivity index (χ0) is 23.4. The fraction of sp³-hybridized carbons (Fsp3) is 0.111. The number of nitrogens with one attached hydrogen (secondary N) is 1. The molecular formula is C27H22ClNO4. The first-order chi connectivity index (χ1) is 15.9. The van der Waals surface area contributed by atoms with E-state index in [0.29, 0.717) is 5.02 Å². The second-order valence-electron chi connectivity index (χ2n) is 7.67. The van der Waals surface area contributed by atoms with Crippen molar-refractivity contribution in [2.24, 2.45) is 0 Å². The highest BCUT2D eigenvalue weighted by Crippen LogP contribution is 2.26. The number of esters is 1. The number of carbonyl (C=O) groups is 2. The number of ether oxygens (including phenoxy) is 1. The number of aromatic hydroxyl groups is 1. The molecule has 4 aromatic rings. The lowest BCUT2D eigenvalue weighted by molar-refractivity contribution is -0.142. The molecule has 0 heterocycles. The Labute approximate surface area is 196 Å². The number of phenolic OH excluding ortho intramolecular Hbond substituents is 1. The van der Waals surface area contributed by atoms with E-state index >= 15 is 0 Å². The predicted molar refractivity (Wildman–Crippen MR) is 129 cm³/mol. The molecule has 1 atom stereocenters. The fourth-order valence-corrected chi connectivity index (χ4v) is 3.82. The number of benzene rings is 4. The molecule has 0 aliphatic carbocycles. The zero-order valence-corrected chi connectivity index (χ0v) is 18.7. The number of phenols is 1. The standard InChI is InChI=1S/C27H22ClNO4/c1-33-27(32)24(14-17-6-8-18(9-7-17)19-10-12-22(28)13-11-19)29-26(31)23-15-20-4-2-3-5-21(20)16-25(23)30/h2-13,15-16,24,30H,14H2,1H3,(H,29,31). The van der Waals surface area contributed by atoms with E-state index in [1.54, 1.807) is 6.07 Å². The Morgan fingerprint density at radius 3 is 2.09 bits per heavy atom. The second kappa shape index (κ2) is 9.76. The molecule has 4 rings (SSSR count). The maximum absolute atomic E-state index is 12.9.